The Bertz CT molecular complexity index is 632. The van der Waals surface area contributed by atoms with Crippen LogP contribution in [0.4, 0.5) is 11.9 Å². The molecule has 8 heteroatoms. The van der Waals surface area contributed by atoms with Gasteiger partial charge >= 0.3 is 0 Å². The summed E-state index contributed by atoms with van der Waals surface area (Å²) in [4.78, 5) is 15.1. The fourth-order valence-corrected chi connectivity index (χ4v) is 4.98. The van der Waals surface area contributed by atoms with E-state index < -0.39 is 0 Å². The minimum atomic E-state index is 0.224. The van der Waals surface area contributed by atoms with E-state index in [4.69, 9.17) is 16.3 Å². The summed E-state index contributed by atoms with van der Waals surface area (Å²) >= 11 is 6.10. The lowest BCUT2D eigenvalue weighted by Gasteiger charge is -2.46. The highest BCUT2D eigenvalue weighted by Crippen LogP contribution is 2.35. The Labute approximate surface area is 174 Å². The molecular formula is C20H35ClN6O. The van der Waals surface area contributed by atoms with Gasteiger partial charge in [-0.25, -0.2) is 0 Å². The maximum Gasteiger partial charge on any atom is 0.231 e. The minimum Gasteiger partial charge on any atom is -0.378 e. The van der Waals surface area contributed by atoms with Gasteiger partial charge in [-0.05, 0) is 64.5 Å². The topological polar surface area (TPSA) is 75.2 Å². The van der Waals surface area contributed by atoms with Crippen LogP contribution in [0.1, 0.15) is 59.8 Å². The van der Waals surface area contributed by atoms with Crippen molar-refractivity contribution in [2.45, 2.75) is 70.9 Å². The fraction of sp³-hybridized carbons (Fsp3) is 0.850. The summed E-state index contributed by atoms with van der Waals surface area (Å²) in [6.45, 7) is 13.1. The lowest BCUT2D eigenvalue weighted by atomic mass is 9.74. The van der Waals surface area contributed by atoms with Crippen molar-refractivity contribution in [2.24, 2.45) is 5.92 Å². The number of halogens is 1. The van der Waals surface area contributed by atoms with Gasteiger partial charge in [-0.15, -0.1) is 0 Å². The number of anilines is 2. The molecule has 0 amide bonds. The van der Waals surface area contributed by atoms with E-state index in [1.807, 2.05) is 0 Å². The lowest BCUT2D eigenvalue weighted by molar-refractivity contribution is 0.122. The van der Waals surface area contributed by atoms with Gasteiger partial charge < -0.3 is 20.3 Å². The smallest absolute Gasteiger partial charge is 0.231 e. The predicted molar refractivity (Wildman–Crippen MR) is 114 cm³/mol. The number of unbranched alkanes of at least 4 members (excludes halogenated alkanes) is 1. The third-order valence-electron chi connectivity index (χ3n) is 5.49. The van der Waals surface area contributed by atoms with E-state index in [0.29, 0.717) is 25.1 Å². The Morgan fingerprint density at radius 1 is 1.07 bits per heavy atom. The van der Waals surface area contributed by atoms with Crippen LogP contribution in [0.5, 0.6) is 0 Å². The van der Waals surface area contributed by atoms with Crippen molar-refractivity contribution in [1.29, 1.82) is 0 Å². The van der Waals surface area contributed by atoms with Crippen molar-refractivity contribution in [3.8, 4) is 0 Å². The molecule has 158 valence electrons. The summed E-state index contributed by atoms with van der Waals surface area (Å²) < 4.78 is 5.38. The lowest BCUT2D eigenvalue weighted by Crippen LogP contribution is -2.57. The number of morpholine rings is 1. The van der Waals surface area contributed by atoms with Gasteiger partial charge in [0.25, 0.3) is 0 Å². The zero-order valence-electron chi connectivity index (χ0n) is 17.7. The van der Waals surface area contributed by atoms with Crippen LogP contribution < -0.4 is 15.5 Å². The summed E-state index contributed by atoms with van der Waals surface area (Å²) in [6, 6.07) is 0. The standard InChI is InChI=1S/C20H35ClN6O/c1-19(2)13-15(14-20(3,4)26-19)7-5-6-8-22-17-23-16(21)24-18(25-17)27-9-11-28-12-10-27/h15,26H,5-14H2,1-4H3,(H,22,23,24,25). The highest BCUT2D eigenvalue weighted by Gasteiger charge is 2.37. The number of hydrogen-bond donors (Lipinski definition) is 2. The van der Waals surface area contributed by atoms with Crippen molar-refractivity contribution in [2.75, 3.05) is 43.1 Å². The van der Waals surface area contributed by atoms with Crippen molar-refractivity contribution in [1.82, 2.24) is 20.3 Å². The van der Waals surface area contributed by atoms with Crippen molar-refractivity contribution >= 4 is 23.5 Å². The molecule has 3 rings (SSSR count). The summed E-state index contributed by atoms with van der Waals surface area (Å²) in [7, 11) is 0. The van der Waals surface area contributed by atoms with Crippen LogP contribution in [0.25, 0.3) is 0 Å². The monoisotopic (exact) mass is 410 g/mol. The average Bonchev–Trinajstić information content (AvgIpc) is 2.59. The molecule has 2 N–H and O–H groups in total. The van der Waals surface area contributed by atoms with Crippen LogP contribution in [-0.2, 0) is 4.74 Å². The molecule has 0 aromatic carbocycles. The normalized spacial score (nSPS) is 22.2. The molecule has 7 nitrogen and oxygen atoms in total. The number of nitrogens with one attached hydrogen (secondary N) is 2. The highest BCUT2D eigenvalue weighted by atomic mass is 35.5. The molecule has 1 aromatic rings. The maximum absolute atomic E-state index is 6.10. The Morgan fingerprint density at radius 2 is 1.75 bits per heavy atom. The molecule has 0 spiro atoms. The number of piperidine rings is 1. The Balaban J connectivity index is 1.43. The van der Waals surface area contributed by atoms with Crippen LogP contribution in [0.3, 0.4) is 0 Å². The first kappa shape index (κ1) is 21.5. The third kappa shape index (κ3) is 6.42. The molecule has 0 atom stereocenters. The van der Waals surface area contributed by atoms with Crippen molar-refractivity contribution in [3.63, 3.8) is 0 Å². The molecule has 0 saturated carbocycles. The maximum atomic E-state index is 6.10. The van der Waals surface area contributed by atoms with E-state index in [2.05, 4.69) is 58.2 Å². The second-order valence-electron chi connectivity index (χ2n) is 9.42. The Hall–Kier alpha value is -1.18. The van der Waals surface area contributed by atoms with E-state index in [1.165, 1.54) is 25.7 Å². The van der Waals surface area contributed by atoms with E-state index >= 15 is 0 Å². The summed E-state index contributed by atoms with van der Waals surface area (Å²) in [5, 5.41) is 7.32. The SMILES string of the molecule is CC1(C)CC(CCCCNc2nc(Cl)nc(N3CCOCC3)n2)CC(C)(C)N1. The average molecular weight is 411 g/mol. The molecule has 0 bridgehead atoms. The summed E-state index contributed by atoms with van der Waals surface area (Å²) in [6.07, 6.45) is 6.07. The summed E-state index contributed by atoms with van der Waals surface area (Å²) in [5.74, 6) is 1.97. The van der Waals surface area contributed by atoms with E-state index in [9.17, 15) is 0 Å². The van der Waals surface area contributed by atoms with E-state index in [-0.39, 0.29) is 16.4 Å². The first-order chi connectivity index (χ1) is 13.2. The number of hydrogen-bond acceptors (Lipinski definition) is 7. The second-order valence-corrected chi connectivity index (χ2v) is 9.76. The Kier molecular flexibility index (Phi) is 6.99. The highest BCUT2D eigenvalue weighted by molar-refractivity contribution is 6.28. The molecule has 28 heavy (non-hydrogen) atoms. The predicted octanol–water partition coefficient (Wildman–Crippen LogP) is 3.50. The molecule has 2 aliphatic rings. The van der Waals surface area contributed by atoms with Crippen LogP contribution in [0, 0.1) is 5.92 Å². The molecule has 0 aliphatic carbocycles. The van der Waals surface area contributed by atoms with Gasteiger partial charge in [0.2, 0.25) is 17.2 Å². The van der Waals surface area contributed by atoms with Gasteiger partial charge in [-0.3, -0.25) is 0 Å². The minimum absolute atomic E-state index is 0.224. The molecule has 2 saturated heterocycles. The van der Waals surface area contributed by atoms with Crippen molar-refractivity contribution < 1.29 is 4.74 Å². The molecule has 2 aliphatic heterocycles. The largest absolute Gasteiger partial charge is 0.378 e. The number of aromatic nitrogens is 3. The van der Waals surface area contributed by atoms with Gasteiger partial charge in [0.1, 0.15) is 0 Å². The van der Waals surface area contributed by atoms with Crippen molar-refractivity contribution in [3.05, 3.63) is 5.28 Å². The zero-order chi connectivity index (χ0) is 20.2. The first-order valence-electron chi connectivity index (χ1n) is 10.5. The quantitative estimate of drug-likeness (QED) is 0.666. The van der Waals surface area contributed by atoms with Gasteiger partial charge in [-0.1, -0.05) is 12.8 Å². The van der Waals surface area contributed by atoms with Crippen LogP contribution >= 0.6 is 11.6 Å². The van der Waals surface area contributed by atoms with Gasteiger partial charge in [0.15, 0.2) is 0 Å². The number of rotatable bonds is 7. The van der Waals surface area contributed by atoms with E-state index in [0.717, 1.165) is 32.0 Å². The van der Waals surface area contributed by atoms with Gasteiger partial charge in [-0.2, -0.15) is 15.0 Å². The van der Waals surface area contributed by atoms with E-state index in [1.54, 1.807) is 0 Å². The molecule has 2 fully saturated rings. The molecular weight excluding hydrogens is 376 g/mol. The van der Waals surface area contributed by atoms with Crippen LogP contribution in [-0.4, -0.2) is 58.9 Å². The van der Waals surface area contributed by atoms with Crippen LogP contribution in [0.2, 0.25) is 5.28 Å². The second kappa shape index (κ2) is 9.09. The molecule has 0 radical (unpaired) electrons. The fourth-order valence-electron chi connectivity index (χ4n) is 4.82. The summed E-state index contributed by atoms with van der Waals surface area (Å²) in [5.41, 5.74) is 0.449. The third-order valence-corrected chi connectivity index (χ3v) is 5.66. The van der Waals surface area contributed by atoms with Gasteiger partial charge in [0, 0.05) is 30.7 Å². The van der Waals surface area contributed by atoms with Gasteiger partial charge in [0.05, 0.1) is 13.2 Å². The molecule has 1 aromatic heterocycles. The zero-order valence-corrected chi connectivity index (χ0v) is 18.5. The number of nitrogens with zero attached hydrogens (tertiary/aromatic N) is 4. The number of ether oxygens (including phenoxy) is 1. The molecule has 3 heterocycles. The molecule has 0 unspecified atom stereocenters. The Morgan fingerprint density at radius 3 is 2.43 bits per heavy atom. The van der Waals surface area contributed by atoms with Crippen LogP contribution in [0.15, 0.2) is 0 Å². The first-order valence-corrected chi connectivity index (χ1v) is 10.9.